The van der Waals surface area contributed by atoms with E-state index in [1.54, 1.807) is 0 Å². The Balaban J connectivity index is 0. The quantitative estimate of drug-likeness (QED) is 0.350. The van der Waals surface area contributed by atoms with Gasteiger partial charge in [0.1, 0.15) is 0 Å². The third kappa shape index (κ3) is 4.72. The molecule has 0 aliphatic heterocycles. The number of nitrogens with zero attached hydrogens (tertiary/aromatic N) is 1. The van der Waals surface area contributed by atoms with E-state index in [0.29, 0.717) is 4.13 Å². The summed E-state index contributed by atoms with van der Waals surface area (Å²) in [6.07, 6.45) is -7.03. The normalized spacial score (nSPS) is 14.9. The average molecular weight is 369 g/mol. The average Bonchev–Trinajstić information content (AvgIpc) is 1.95. The molecule has 0 bridgehead atoms. The molecule has 0 aromatic heterocycles. The minimum atomic E-state index is -7.30. The minimum Gasteiger partial charge on any atom is -0.402 e. The topological polar surface area (TPSA) is 82.4 Å². The van der Waals surface area contributed by atoms with Crippen LogP contribution in [0.15, 0.2) is 0 Å². The molecule has 0 heterocycles. The van der Waals surface area contributed by atoms with Crippen LogP contribution in [0.4, 0.5) is 34.6 Å². The summed E-state index contributed by atoms with van der Waals surface area (Å²) < 4.78 is 136. The van der Waals surface area contributed by atoms with Crippen LogP contribution in [0.5, 0.6) is 0 Å². The maximum absolute atomic E-state index is 12.4. The Kier molecular flexibility index (Phi) is 6.99. The minimum absolute atomic E-state index is 0. The summed E-state index contributed by atoms with van der Waals surface area (Å²) in [4.78, 5) is 0. The van der Waals surface area contributed by atoms with Gasteiger partial charge in [0, 0.05) is 0 Å². The molecule has 0 atom stereocenters. The van der Waals surface area contributed by atoms with Crippen molar-refractivity contribution in [1.82, 2.24) is 0 Å². The number of sulfonamides is 1. The van der Waals surface area contributed by atoms with Crippen LogP contribution in [-0.4, -0.2) is 34.2 Å². The molecular weight excluding hydrogens is 369 g/mol. The molecule has 110 valence electrons. The van der Waals surface area contributed by atoms with Gasteiger partial charge in [0.25, 0.3) is 0 Å². The van der Waals surface area contributed by atoms with Crippen molar-refractivity contribution in [3.8, 4) is 0 Å². The maximum Gasteiger partial charge on any atom is 1.00 e. The summed E-state index contributed by atoms with van der Waals surface area (Å²) in [5.41, 5.74) is 0. The third-order valence-electron chi connectivity index (χ3n) is 1.23. The number of halogens is 8. The van der Waals surface area contributed by atoms with Crippen LogP contribution in [0, 0.1) is 0 Å². The van der Waals surface area contributed by atoms with E-state index in [9.17, 15) is 51.5 Å². The Morgan fingerprint density at radius 2 is 1.11 bits per heavy atom. The van der Waals surface area contributed by atoms with E-state index in [0.717, 1.165) is 0 Å². The van der Waals surface area contributed by atoms with Gasteiger partial charge in [-0.15, -0.1) is 3.89 Å². The van der Waals surface area contributed by atoms with Crippen LogP contribution in [0.25, 0.3) is 4.13 Å². The molecule has 0 N–H and O–H groups in total. The van der Waals surface area contributed by atoms with Gasteiger partial charge < -0.3 is 4.13 Å². The van der Waals surface area contributed by atoms with E-state index in [-0.39, 0.29) is 51.4 Å². The molecule has 0 saturated heterocycles. The first-order chi connectivity index (χ1) is 7.46. The van der Waals surface area contributed by atoms with Gasteiger partial charge in [-0.3, -0.25) is 0 Å². The summed E-state index contributed by atoms with van der Waals surface area (Å²) in [6.45, 7) is 0. The van der Waals surface area contributed by atoms with Crippen molar-refractivity contribution < 1.29 is 103 Å². The predicted molar refractivity (Wildman–Crippen MR) is 38.3 cm³/mol. The Morgan fingerprint density at radius 3 is 1.32 bits per heavy atom. The Labute approximate surface area is 143 Å². The summed E-state index contributed by atoms with van der Waals surface area (Å²) in [5, 5.41) is -6.99. The van der Waals surface area contributed by atoms with Gasteiger partial charge in [0.2, 0.25) is 10.4 Å². The van der Waals surface area contributed by atoms with Crippen LogP contribution in [-0.2, 0) is 20.4 Å². The van der Waals surface area contributed by atoms with E-state index in [1.807, 2.05) is 0 Å². The van der Waals surface area contributed by atoms with Crippen molar-refractivity contribution in [2.75, 3.05) is 0 Å². The van der Waals surface area contributed by atoms with E-state index in [1.165, 1.54) is 0 Å². The van der Waals surface area contributed by atoms with Crippen LogP contribution >= 0.6 is 0 Å². The fourth-order valence-corrected chi connectivity index (χ4v) is 2.24. The molecule has 19 heavy (non-hydrogen) atoms. The van der Waals surface area contributed by atoms with Crippen molar-refractivity contribution >= 4 is 20.4 Å². The van der Waals surface area contributed by atoms with Crippen molar-refractivity contribution in [2.24, 2.45) is 0 Å². The SMILES string of the molecule is O=S(=O)(F)[N-]S(=O)(=O)C(F)(F)C(F)(F)C(F)(F)F.[K+]. The molecule has 0 aromatic carbocycles. The molecule has 0 unspecified atom stereocenters. The Hall–Kier alpha value is 0.936. The first kappa shape index (κ1) is 22.2. The van der Waals surface area contributed by atoms with E-state index < -0.39 is 37.8 Å². The Bertz CT molecular complexity index is 523. The molecule has 0 rings (SSSR count). The molecule has 16 heteroatoms. The molecular formula is C3F8KNO4S2. The van der Waals surface area contributed by atoms with Crippen molar-refractivity contribution in [3.05, 3.63) is 4.13 Å². The van der Waals surface area contributed by atoms with E-state index in [2.05, 4.69) is 0 Å². The van der Waals surface area contributed by atoms with Crippen LogP contribution in [0.1, 0.15) is 0 Å². The molecule has 0 fully saturated rings. The first-order valence-corrected chi connectivity index (χ1v) is 5.99. The van der Waals surface area contributed by atoms with Crippen molar-refractivity contribution in [3.63, 3.8) is 0 Å². The summed E-state index contributed by atoms with van der Waals surface area (Å²) >= 11 is 0. The van der Waals surface area contributed by atoms with E-state index >= 15 is 0 Å². The molecule has 0 radical (unpaired) electrons. The zero-order valence-electron chi connectivity index (χ0n) is 8.42. The van der Waals surface area contributed by atoms with Gasteiger partial charge in [0.15, 0.2) is 10.0 Å². The summed E-state index contributed by atoms with van der Waals surface area (Å²) in [7, 11) is -13.9. The molecule has 0 aliphatic rings. The fraction of sp³-hybridized carbons (Fsp3) is 1.00. The smallest absolute Gasteiger partial charge is 0.402 e. The van der Waals surface area contributed by atoms with Gasteiger partial charge in [-0.1, -0.05) is 0 Å². The summed E-state index contributed by atoms with van der Waals surface area (Å²) in [6, 6.07) is 0. The van der Waals surface area contributed by atoms with Crippen molar-refractivity contribution in [2.45, 2.75) is 17.4 Å². The number of hydrogen-bond acceptors (Lipinski definition) is 4. The molecule has 0 spiro atoms. The zero-order valence-corrected chi connectivity index (χ0v) is 13.2. The monoisotopic (exact) mass is 369 g/mol. The van der Waals surface area contributed by atoms with Gasteiger partial charge in [-0.05, 0) is 0 Å². The third-order valence-corrected chi connectivity index (χ3v) is 3.63. The Morgan fingerprint density at radius 1 is 0.789 bits per heavy atom. The fourth-order valence-electron chi connectivity index (χ4n) is 0.491. The zero-order chi connectivity index (χ0) is 15.2. The van der Waals surface area contributed by atoms with Crippen LogP contribution in [0.3, 0.4) is 0 Å². The number of hydrogen-bond donors (Lipinski definition) is 0. The van der Waals surface area contributed by atoms with Gasteiger partial charge in [0.05, 0.1) is 0 Å². The molecule has 5 nitrogen and oxygen atoms in total. The second kappa shape index (κ2) is 5.97. The molecule has 0 amide bonds. The molecule has 0 aromatic rings. The van der Waals surface area contributed by atoms with E-state index in [4.69, 9.17) is 0 Å². The number of alkyl halides is 7. The second-order valence-electron chi connectivity index (χ2n) is 2.55. The van der Waals surface area contributed by atoms with Crippen molar-refractivity contribution in [1.29, 1.82) is 0 Å². The van der Waals surface area contributed by atoms with Crippen LogP contribution < -0.4 is 51.4 Å². The number of rotatable bonds is 4. The maximum atomic E-state index is 12.4. The standard InChI is InChI=1S/C3F8NO4S2.K/c4-1(5,2(6,7)8)3(9,10)17(13,14)12-18(11,15)16;/q-1;+1. The largest absolute Gasteiger partial charge is 1.00 e. The first-order valence-electron chi connectivity index (χ1n) is 3.21. The molecule has 0 saturated carbocycles. The second-order valence-corrected chi connectivity index (χ2v) is 5.43. The van der Waals surface area contributed by atoms with Crippen LogP contribution in [0.2, 0.25) is 0 Å². The van der Waals surface area contributed by atoms with Gasteiger partial charge >= 0.3 is 68.7 Å². The van der Waals surface area contributed by atoms with Gasteiger partial charge in [-0.25, -0.2) is 16.8 Å². The predicted octanol–water partition coefficient (Wildman–Crippen LogP) is -1.30. The summed E-state index contributed by atoms with van der Waals surface area (Å²) in [5.74, 6) is -7.16. The molecule has 0 aliphatic carbocycles. The van der Waals surface area contributed by atoms with Gasteiger partial charge in [-0.2, -0.15) is 30.7 Å².